The molecule has 0 aliphatic carbocycles. The molecule has 2 nitrogen and oxygen atoms in total. The van der Waals surface area contributed by atoms with Gasteiger partial charge in [0.2, 0.25) is 0 Å². The van der Waals surface area contributed by atoms with E-state index in [0.29, 0.717) is 6.42 Å². The van der Waals surface area contributed by atoms with Crippen LogP contribution in [0.15, 0.2) is 30.6 Å². The van der Waals surface area contributed by atoms with Gasteiger partial charge in [0.1, 0.15) is 5.78 Å². The van der Waals surface area contributed by atoms with Gasteiger partial charge in [-0.2, -0.15) is 0 Å². The highest BCUT2D eigenvalue weighted by atomic mass is 16.1. The van der Waals surface area contributed by atoms with E-state index in [-0.39, 0.29) is 5.78 Å². The SMILES string of the molecule is CCCc1cc(-c2cnccc2C)cc(CCC(C)=O)c1C. The molecule has 22 heavy (non-hydrogen) atoms. The number of pyridine rings is 1. The lowest BCUT2D eigenvalue weighted by molar-refractivity contribution is -0.116. The van der Waals surface area contributed by atoms with Crippen LogP contribution in [0.25, 0.3) is 11.1 Å². The first kappa shape index (κ1) is 16.4. The summed E-state index contributed by atoms with van der Waals surface area (Å²) in [6, 6.07) is 6.57. The molecular formula is C20H25NO. The molecule has 2 aromatic rings. The Morgan fingerprint density at radius 1 is 1.14 bits per heavy atom. The van der Waals surface area contributed by atoms with Crippen LogP contribution in [0.5, 0.6) is 0 Å². The number of carbonyl (C=O) groups excluding carboxylic acids is 1. The summed E-state index contributed by atoms with van der Waals surface area (Å²) in [7, 11) is 0. The molecule has 0 bridgehead atoms. The van der Waals surface area contributed by atoms with Gasteiger partial charge in [-0.05, 0) is 67.5 Å². The maximum absolute atomic E-state index is 11.3. The molecule has 0 atom stereocenters. The van der Waals surface area contributed by atoms with Crippen LogP contribution >= 0.6 is 0 Å². The second-order valence-electron chi connectivity index (χ2n) is 6.06. The maximum atomic E-state index is 11.3. The first-order chi connectivity index (χ1) is 10.5. The Hall–Kier alpha value is -1.96. The van der Waals surface area contributed by atoms with Crippen molar-refractivity contribution in [1.29, 1.82) is 0 Å². The summed E-state index contributed by atoms with van der Waals surface area (Å²) in [5, 5.41) is 0. The van der Waals surface area contributed by atoms with Crippen molar-refractivity contribution >= 4 is 5.78 Å². The molecule has 0 spiro atoms. The number of ketones is 1. The third-order valence-corrected chi connectivity index (χ3v) is 4.24. The van der Waals surface area contributed by atoms with Crippen molar-refractivity contribution in [2.24, 2.45) is 0 Å². The van der Waals surface area contributed by atoms with Gasteiger partial charge in [-0.1, -0.05) is 25.5 Å². The first-order valence-electron chi connectivity index (χ1n) is 8.05. The average Bonchev–Trinajstić information content (AvgIpc) is 2.48. The Labute approximate surface area is 133 Å². The molecule has 2 heteroatoms. The summed E-state index contributed by atoms with van der Waals surface area (Å²) in [6.07, 6.45) is 7.41. The van der Waals surface area contributed by atoms with Crippen LogP contribution in [-0.2, 0) is 17.6 Å². The highest BCUT2D eigenvalue weighted by molar-refractivity contribution is 5.76. The fraction of sp³-hybridized carbons (Fsp3) is 0.400. The molecule has 116 valence electrons. The molecule has 1 aromatic heterocycles. The van der Waals surface area contributed by atoms with E-state index >= 15 is 0 Å². The number of hydrogen-bond donors (Lipinski definition) is 0. The molecule has 0 saturated carbocycles. The first-order valence-corrected chi connectivity index (χ1v) is 8.05. The lowest BCUT2D eigenvalue weighted by Gasteiger charge is -2.15. The lowest BCUT2D eigenvalue weighted by Crippen LogP contribution is -2.01. The van der Waals surface area contributed by atoms with Crippen LogP contribution < -0.4 is 0 Å². The number of aromatic nitrogens is 1. The summed E-state index contributed by atoms with van der Waals surface area (Å²) in [4.78, 5) is 15.6. The maximum Gasteiger partial charge on any atom is 0.130 e. The number of nitrogens with zero attached hydrogens (tertiary/aromatic N) is 1. The Morgan fingerprint density at radius 2 is 1.82 bits per heavy atom. The van der Waals surface area contributed by atoms with Crippen LogP contribution in [0.2, 0.25) is 0 Å². The van der Waals surface area contributed by atoms with E-state index in [9.17, 15) is 4.79 Å². The molecule has 0 radical (unpaired) electrons. The topological polar surface area (TPSA) is 30.0 Å². The predicted octanol–water partition coefficient (Wildman–Crippen LogP) is 4.84. The van der Waals surface area contributed by atoms with Crippen molar-refractivity contribution in [3.63, 3.8) is 0 Å². The number of hydrogen-bond acceptors (Lipinski definition) is 2. The van der Waals surface area contributed by atoms with Gasteiger partial charge in [0, 0.05) is 24.4 Å². The van der Waals surface area contributed by atoms with Gasteiger partial charge < -0.3 is 4.79 Å². The highest BCUT2D eigenvalue weighted by Crippen LogP contribution is 2.28. The zero-order valence-electron chi connectivity index (χ0n) is 14.1. The second-order valence-corrected chi connectivity index (χ2v) is 6.06. The van der Waals surface area contributed by atoms with E-state index in [1.54, 1.807) is 6.92 Å². The summed E-state index contributed by atoms with van der Waals surface area (Å²) in [5.74, 6) is 0.249. The fourth-order valence-electron chi connectivity index (χ4n) is 2.86. The third-order valence-electron chi connectivity index (χ3n) is 4.24. The zero-order valence-corrected chi connectivity index (χ0v) is 14.1. The minimum absolute atomic E-state index is 0.249. The molecule has 0 fully saturated rings. The normalized spacial score (nSPS) is 10.7. The second kappa shape index (κ2) is 7.35. The van der Waals surface area contributed by atoms with Crippen LogP contribution in [0.4, 0.5) is 0 Å². The van der Waals surface area contributed by atoms with Crippen molar-refractivity contribution in [2.75, 3.05) is 0 Å². The van der Waals surface area contributed by atoms with E-state index in [1.165, 1.54) is 33.4 Å². The molecule has 0 amide bonds. The minimum atomic E-state index is 0.249. The number of carbonyl (C=O) groups is 1. The molecule has 0 unspecified atom stereocenters. The molecule has 2 rings (SSSR count). The predicted molar refractivity (Wildman–Crippen MR) is 92.1 cm³/mol. The Morgan fingerprint density at radius 3 is 2.41 bits per heavy atom. The van der Waals surface area contributed by atoms with Crippen LogP contribution in [0.3, 0.4) is 0 Å². The lowest BCUT2D eigenvalue weighted by atomic mass is 9.90. The van der Waals surface area contributed by atoms with Crippen LogP contribution in [-0.4, -0.2) is 10.8 Å². The van der Waals surface area contributed by atoms with E-state index < -0.39 is 0 Å². The largest absolute Gasteiger partial charge is 0.300 e. The average molecular weight is 295 g/mol. The minimum Gasteiger partial charge on any atom is -0.300 e. The Kier molecular flexibility index (Phi) is 5.48. The Bertz CT molecular complexity index is 673. The van der Waals surface area contributed by atoms with Crippen molar-refractivity contribution < 1.29 is 4.79 Å². The van der Waals surface area contributed by atoms with Crippen molar-refractivity contribution in [3.8, 4) is 11.1 Å². The molecule has 0 saturated heterocycles. The van der Waals surface area contributed by atoms with Crippen LogP contribution in [0.1, 0.15) is 48.9 Å². The summed E-state index contributed by atoms with van der Waals surface area (Å²) in [5.41, 5.74) is 7.66. The van der Waals surface area contributed by atoms with Gasteiger partial charge in [0.25, 0.3) is 0 Å². The van der Waals surface area contributed by atoms with Gasteiger partial charge in [-0.3, -0.25) is 4.98 Å². The van der Waals surface area contributed by atoms with E-state index in [1.807, 2.05) is 18.5 Å². The summed E-state index contributed by atoms with van der Waals surface area (Å²) >= 11 is 0. The fourth-order valence-corrected chi connectivity index (χ4v) is 2.86. The van der Waals surface area contributed by atoms with Gasteiger partial charge in [0.05, 0.1) is 0 Å². The molecule has 0 aliphatic heterocycles. The van der Waals surface area contributed by atoms with E-state index in [4.69, 9.17) is 0 Å². The molecule has 0 aliphatic rings. The summed E-state index contributed by atoms with van der Waals surface area (Å²) in [6.45, 7) is 8.17. The smallest absolute Gasteiger partial charge is 0.130 e. The number of aryl methyl sites for hydroxylation is 3. The molecule has 1 heterocycles. The molecule has 1 aromatic carbocycles. The van der Waals surface area contributed by atoms with Crippen molar-refractivity contribution in [3.05, 3.63) is 52.8 Å². The van der Waals surface area contributed by atoms with Gasteiger partial charge in [-0.15, -0.1) is 0 Å². The number of Topliss-reactive ketones (excluding diaryl/α,β-unsaturated/α-hetero) is 1. The third kappa shape index (κ3) is 3.82. The number of benzene rings is 1. The molecule has 0 N–H and O–H groups in total. The van der Waals surface area contributed by atoms with Gasteiger partial charge >= 0.3 is 0 Å². The van der Waals surface area contributed by atoms with Crippen molar-refractivity contribution in [1.82, 2.24) is 4.98 Å². The van der Waals surface area contributed by atoms with Crippen molar-refractivity contribution in [2.45, 2.75) is 53.4 Å². The van der Waals surface area contributed by atoms with E-state index in [0.717, 1.165) is 19.3 Å². The zero-order chi connectivity index (χ0) is 16.1. The van der Waals surface area contributed by atoms with Crippen LogP contribution in [0, 0.1) is 13.8 Å². The highest BCUT2D eigenvalue weighted by Gasteiger charge is 2.10. The van der Waals surface area contributed by atoms with Gasteiger partial charge in [-0.25, -0.2) is 0 Å². The van der Waals surface area contributed by atoms with Gasteiger partial charge in [0.15, 0.2) is 0 Å². The number of rotatable bonds is 6. The van der Waals surface area contributed by atoms with E-state index in [2.05, 4.69) is 37.9 Å². The standard InChI is InChI=1S/C20H25NO/c1-5-6-17-11-19(20-13-21-10-9-14(20)2)12-18(16(17)4)8-7-15(3)22/h9-13H,5-8H2,1-4H3. The monoisotopic (exact) mass is 295 g/mol. The Balaban J connectivity index is 2.50. The quantitative estimate of drug-likeness (QED) is 0.763. The molecular weight excluding hydrogens is 270 g/mol. The summed E-state index contributed by atoms with van der Waals surface area (Å²) < 4.78 is 0.